The third-order valence-electron chi connectivity index (χ3n) is 5.00. The third-order valence-corrected chi connectivity index (χ3v) is 5.00. The zero-order valence-corrected chi connectivity index (χ0v) is 17.6. The maximum atomic E-state index is 12.3. The second kappa shape index (κ2) is 12.1. The predicted octanol–water partition coefficient (Wildman–Crippen LogP) is 1.19. The second-order valence-electron chi connectivity index (χ2n) is 7.88. The van der Waals surface area contributed by atoms with Gasteiger partial charge in [0.2, 0.25) is 12.3 Å². The van der Waals surface area contributed by atoms with E-state index in [1.165, 1.54) is 0 Å². The molecule has 0 aromatic heterocycles. The molecular formula is C22H31N3O6. The highest BCUT2D eigenvalue weighted by Crippen LogP contribution is 2.34. The number of amides is 2. The third kappa shape index (κ3) is 9.20. The summed E-state index contributed by atoms with van der Waals surface area (Å²) < 4.78 is 0. The van der Waals surface area contributed by atoms with Crippen molar-refractivity contribution >= 4 is 12.3 Å². The van der Waals surface area contributed by atoms with Gasteiger partial charge in [0.25, 0.3) is 0 Å². The Bertz CT molecular complexity index is 780. The molecule has 9 nitrogen and oxygen atoms in total. The summed E-state index contributed by atoms with van der Waals surface area (Å²) in [5.74, 6) is 0.108. The Balaban J connectivity index is 1.88. The van der Waals surface area contributed by atoms with Gasteiger partial charge >= 0.3 is 0 Å². The number of aliphatic hydroxyl groups excluding tert-OH is 2. The van der Waals surface area contributed by atoms with E-state index in [9.17, 15) is 24.9 Å². The Morgan fingerprint density at radius 3 is 2.68 bits per heavy atom. The molecule has 1 aliphatic carbocycles. The van der Waals surface area contributed by atoms with E-state index in [-0.39, 0.29) is 35.8 Å². The Kier molecular flexibility index (Phi) is 9.51. The van der Waals surface area contributed by atoms with Gasteiger partial charge in [-0.15, -0.1) is 0 Å². The molecule has 0 radical (unpaired) electrons. The summed E-state index contributed by atoms with van der Waals surface area (Å²) in [6.45, 7) is 2.43. The minimum absolute atomic E-state index is 0.0547. The number of aliphatic hydroxyl groups is 2. The smallest absolute Gasteiger partial charge is 0.222 e. The summed E-state index contributed by atoms with van der Waals surface area (Å²) in [6, 6.07) is 6.90. The van der Waals surface area contributed by atoms with Crippen molar-refractivity contribution in [3.8, 4) is 5.75 Å². The van der Waals surface area contributed by atoms with Crippen molar-refractivity contribution in [2.75, 3.05) is 13.1 Å². The minimum atomic E-state index is -1.16. The number of hydrogen-bond acceptors (Lipinski definition) is 7. The molecule has 0 aliphatic heterocycles. The Morgan fingerprint density at radius 2 is 2.03 bits per heavy atom. The standard InChI is InChI=1S/C22H31N3O6/c1-22(9-6-18(28)7-10-22)13-19(12-20(29)23-14-21(30)24-15-26)31-25-11-8-16-2-4-17(27)5-3-16/h2-7,9,15,19,21,25,27-28,30H,8,10-14H2,1H3,(H,23,29)(H,24,26). The Hall–Kier alpha value is -2.88. The summed E-state index contributed by atoms with van der Waals surface area (Å²) in [6.07, 6.45) is 5.90. The lowest BCUT2D eigenvalue weighted by Gasteiger charge is -2.31. The lowest BCUT2D eigenvalue weighted by Crippen LogP contribution is -2.42. The number of allylic oxidation sites excluding steroid dienone is 3. The van der Waals surface area contributed by atoms with Crippen LogP contribution in [0, 0.1) is 5.41 Å². The maximum absolute atomic E-state index is 12.3. The van der Waals surface area contributed by atoms with Gasteiger partial charge < -0.3 is 26.0 Å². The van der Waals surface area contributed by atoms with Crippen molar-refractivity contribution in [1.29, 1.82) is 0 Å². The van der Waals surface area contributed by atoms with Crippen molar-refractivity contribution in [3.63, 3.8) is 0 Å². The highest BCUT2D eigenvalue weighted by Gasteiger charge is 2.29. The van der Waals surface area contributed by atoms with Crippen LogP contribution in [-0.2, 0) is 20.8 Å². The molecule has 2 amide bonds. The fraction of sp³-hybridized carbons (Fsp3) is 0.455. The topological polar surface area (TPSA) is 140 Å². The van der Waals surface area contributed by atoms with E-state index in [0.717, 1.165) is 5.56 Å². The van der Waals surface area contributed by atoms with Crippen LogP contribution in [-0.4, -0.2) is 53.1 Å². The highest BCUT2D eigenvalue weighted by molar-refractivity contribution is 5.76. The molecule has 2 rings (SSSR count). The molecule has 6 N–H and O–H groups in total. The number of hydrogen-bond donors (Lipinski definition) is 6. The van der Waals surface area contributed by atoms with E-state index in [4.69, 9.17) is 4.84 Å². The van der Waals surface area contributed by atoms with Gasteiger partial charge in [0.05, 0.1) is 19.1 Å². The second-order valence-corrected chi connectivity index (χ2v) is 7.88. The molecule has 1 aromatic carbocycles. The number of nitrogens with one attached hydrogen (secondary N) is 3. The van der Waals surface area contributed by atoms with E-state index in [2.05, 4.69) is 16.1 Å². The lowest BCUT2D eigenvalue weighted by atomic mass is 9.78. The van der Waals surface area contributed by atoms with Crippen LogP contribution in [0.2, 0.25) is 0 Å². The molecule has 0 spiro atoms. The number of phenolic OH excluding ortho intramolecular Hbond substituents is 1. The minimum Gasteiger partial charge on any atom is -0.508 e. The number of aromatic hydroxyl groups is 1. The van der Waals surface area contributed by atoms with E-state index in [0.29, 0.717) is 32.2 Å². The summed E-state index contributed by atoms with van der Waals surface area (Å²) in [4.78, 5) is 28.4. The fourth-order valence-corrected chi connectivity index (χ4v) is 3.25. The summed E-state index contributed by atoms with van der Waals surface area (Å²) >= 11 is 0. The van der Waals surface area contributed by atoms with Gasteiger partial charge in [-0.1, -0.05) is 25.1 Å². The van der Waals surface area contributed by atoms with Gasteiger partial charge in [0, 0.05) is 6.54 Å². The zero-order chi connectivity index (χ0) is 22.7. The largest absolute Gasteiger partial charge is 0.508 e. The molecule has 3 atom stereocenters. The molecule has 3 unspecified atom stereocenters. The number of rotatable bonds is 13. The van der Waals surface area contributed by atoms with Crippen LogP contribution in [0.3, 0.4) is 0 Å². The van der Waals surface area contributed by atoms with Crippen LogP contribution >= 0.6 is 0 Å². The monoisotopic (exact) mass is 433 g/mol. The van der Waals surface area contributed by atoms with Crippen molar-refractivity contribution in [3.05, 3.63) is 53.8 Å². The Morgan fingerprint density at radius 1 is 1.29 bits per heavy atom. The molecule has 0 saturated carbocycles. The molecular weight excluding hydrogens is 402 g/mol. The number of hydroxylamine groups is 1. The van der Waals surface area contributed by atoms with Gasteiger partial charge in [-0.25, -0.2) is 5.48 Å². The van der Waals surface area contributed by atoms with Crippen molar-refractivity contribution in [2.45, 2.75) is 44.9 Å². The molecule has 0 bridgehead atoms. The van der Waals surface area contributed by atoms with Crippen molar-refractivity contribution in [1.82, 2.24) is 16.1 Å². The van der Waals surface area contributed by atoms with Gasteiger partial charge in [-0.2, -0.15) is 0 Å². The molecule has 1 aliphatic rings. The summed E-state index contributed by atoms with van der Waals surface area (Å²) in [5.41, 5.74) is 3.66. The predicted molar refractivity (Wildman–Crippen MR) is 115 cm³/mol. The average molecular weight is 434 g/mol. The van der Waals surface area contributed by atoms with Crippen LogP contribution in [0.25, 0.3) is 0 Å². The van der Waals surface area contributed by atoms with Gasteiger partial charge in [-0.3, -0.25) is 14.4 Å². The van der Waals surface area contributed by atoms with Crippen LogP contribution in [0.5, 0.6) is 5.75 Å². The highest BCUT2D eigenvalue weighted by atomic mass is 16.7. The molecule has 0 fully saturated rings. The number of carbonyl (C=O) groups is 2. The molecule has 31 heavy (non-hydrogen) atoms. The van der Waals surface area contributed by atoms with Gasteiger partial charge in [0.15, 0.2) is 0 Å². The van der Waals surface area contributed by atoms with E-state index in [1.54, 1.807) is 24.3 Å². The first-order chi connectivity index (χ1) is 14.8. The fourth-order valence-electron chi connectivity index (χ4n) is 3.25. The SMILES string of the molecule is CC1(CC(CC(=O)NCC(O)NC=O)ONCCc2ccc(O)cc2)C=CC(O)=CC1. The van der Waals surface area contributed by atoms with Crippen LogP contribution in [0.1, 0.15) is 31.7 Å². The number of benzene rings is 1. The van der Waals surface area contributed by atoms with Gasteiger partial charge in [-0.05, 0) is 54.5 Å². The number of phenols is 1. The van der Waals surface area contributed by atoms with Crippen LogP contribution < -0.4 is 16.1 Å². The van der Waals surface area contributed by atoms with Crippen LogP contribution in [0.15, 0.2) is 48.3 Å². The van der Waals surface area contributed by atoms with E-state index >= 15 is 0 Å². The first-order valence-electron chi connectivity index (χ1n) is 10.2. The summed E-state index contributed by atoms with van der Waals surface area (Å²) in [7, 11) is 0. The summed E-state index contributed by atoms with van der Waals surface area (Å²) in [5, 5.41) is 33.2. The van der Waals surface area contributed by atoms with Crippen LogP contribution in [0.4, 0.5) is 0 Å². The Labute approximate surface area is 181 Å². The molecule has 0 saturated heterocycles. The lowest BCUT2D eigenvalue weighted by molar-refractivity contribution is -0.128. The first-order valence-corrected chi connectivity index (χ1v) is 10.2. The van der Waals surface area contributed by atoms with Gasteiger partial charge in [0.1, 0.15) is 17.7 Å². The maximum Gasteiger partial charge on any atom is 0.222 e. The number of carbonyl (C=O) groups excluding carboxylic acids is 2. The molecule has 9 heteroatoms. The first kappa shape index (κ1) is 24.4. The molecule has 170 valence electrons. The van der Waals surface area contributed by atoms with Crippen molar-refractivity contribution in [2.24, 2.45) is 5.41 Å². The zero-order valence-electron chi connectivity index (χ0n) is 17.6. The quantitative estimate of drug-likeness (QED) is 0.119. The molecule has 0 heterocycles. The normalized spacial score (nSPS) is 19.9. The van der Waals surface area contributed by atoms with Crippen molar-refractivity contribution < 1.29 is 29.7 Å². The van der Waals surface area contributed by atoms with E-state index in [1.807, 2.05) is 25.1 Å². The average Bonchev–Trinajstić information content (AvgIpc) is 2.73. The van der Waals surface area contributed by atoms with E-state index < -0.39 is 12.3 Å². The molecule has 1 aromatic rings.